The summed E-state index contributed by atoms with van der Waals surface area (Å²) in [7, 11) is 0. The molecule has 0 bridgehead atoms. The van der Waals surface area contributed by atoms with Crippen LogP contribution in [-0.4, -0.2) is 42.2 Å². The molecule has 3 aromatic rings. The number of hydrogen-bond acceptors (Lipinski definition) is 5. The Morgan fingerprint density at radius 1 is 0.966 bits per heavy atom. The van der Waals surface area contributed by atoms with E-state index in [1.807, 2.05) is 55.5 Å². The lowest BCUT2D eigenvalue weighted by atomic mass is 10.1. The van der Waals surface area contributed by atoms with Gasteiger partial charge in [-0.2, -0.15) is 0 Å². The molecule has 1 aliphatic heterocycles. The zero-order valence-corrected chi connectivity index (χ0v) is 16.7. The Hall–Kier alpha value is -3.25. The van der Waals surface area contributed by atoms with E-state index < -0.39 is 0 Å². The van der Waals surface area contributed by atoms with Crippen molar-refractivity contribution in [1.29, 1.82) is 0 Å². The van der Waals surface area contributed by atoms with Gasteiger partial charge < -0.3 is 15.0 Å². The van der Waals surface area contributed by atoms with Gasteiger partial charge in [-0.15, -0.1) is 0 Å². The third-order valence-corrected chi connectivity index (χ3v) is 5.20. The van der Waals surface area contributed by atoms with Gasteiger partial charge in [-0.1, -0.05) is 18.2 Å². The van der Waals surface area contributed by atoms with Crippen molar-refractivity contribution in [2.24, 2.45) is 0 Å². The topological polar surface area (TPSA) is 67.4 Å². The van der Waals surface area contributed by atoms with E-state index in [0.29, 0.717) is 18.8 Å². The maximum Gasteiger partial charge on any atom is 0.255 e. The predicted molar refractivity (Wildman–Crippen MR) is 114 cm³/mol. The van der Waals surface area contributed by atoms with Crippen molar-refractivity contribution in [1.82, 2.24) is 9.97 Å². The zero-order chi connectivity index (χ0) is 20.2. The normalized spacial score (nSPS) is 13.9. The number of aromatic nitrogens is 2. The fourth-order valence-electron chi connectivity index (χ4n) is 3.29. The second-order valence-corrected chi connectivity index (χ2v) is 7.19. The van der Waals surface area contributed by atoms with E-state index in [1.165, 1.54) is 5.56 Å². The van der Waals surface area contributed by atoms with Crippen LogP contribution < -0.4 is 10.2 Å². The van der Waals surface area contributed by atoms with Crippen LogP contribution in [-0.2, 0) is 4.74 Å². The fourth-order valence-corrected chi connectivity index (χ4v) is 3.29. The van der Waals surface area contributed by atoms with Crippen molar-refractivity contribution in [2.45, 2.75) is 13.8 Å². The number of morpholine rings is 1. The Labute approximate surface area is 170 Å². The number of rotatable bonds is 4. The highest BCUT2D eigenvalue weighted by Crippen LogP contribution is 2.22. The summed E-state index contributed by atoms with van der Waals surface area (Å²) in [4.78, 5) is 23.5. The number of aryl methyl sites for hydroxylation is 2. The van der Waals surface area contributed by atoms with E-state index in [9.17, 15) is 4.79 Å². The molecule has 0 radical (unpaired) electrons. The molecule has 0 unspecified atom stereocenters. The number of benzene rings is 2. The monoisotopic (exact) mass is 388 g/mol. The van der Waals surface area contributed by atoms with Crippen LogP contribution in [0.4, 0.5) is 11.5 Å². The summed E-state index contributed by atoms with van der Waals surface area (Å²) in [6.07, 6.45) is 1.58. The first-order valence-electron chi connectivity index (χ1n) is 9.74. The second-order valence-electron chi connectivity index (χ2n) is 7.19. The first kappa shape index (κ1) is 19.1. The van der Waals surface area contributed by atoms with Crippen molar-refractivity contribution in [3.8, 4) is 11.3 Å². The van der Waals surface area contributed by atoms with Gasteiger partial charge in [0, 0.05) is 36.0 Å². The van der Waals surface area contributed by atoms with Gasteiger partial charge in [0.15, 0.2) is 0 Å². The Bertz CT molecular complexity index is 1010. The molecule has 1 aromatic heterocycles. The number of nitrogens with zero attached hydrogens (tertiary/aromatic N) is 3. The molecule has 0 saturated carbocycles. The highest BCUT2D eigenvalue weighted by molar-refractivity contribution is 6.04. The van der Waals surface area contributed by atoms with E-state index in [2.05, 4.69) is 27.1 Å². The first-order chi connectivity index (χ1) is 14.1. The maximum absolute atomic E-state index is 12.6. The molecular weight excluding hydrogens is 364 g/mol. The Morgan fingerprint density at radius 3 is 2.45 bits per heavy atom. The number of anilines is 2. The molecule has 2 heterocycles. The Balaban J connectivity index is 1.48. The van der Waals surface area contributed by atoms with E-state index in [4.69, 9.17) is 4.74 Å². The van der Waals surface area contributed by atoms with Crippen LogP contribution in [0.1, 0.15) is 21.5 Å². The fraction of sp³-hybridized carbons (Fsp3) is 0.261. The number of carbonyl (C=O) groups is 1. The molecule has 1 amide bonds. The maximum atomic E-state index is 12.6. The van der Waals surface area contributed by atoms with Crippen LogP contribution in [0.3, 0.4) is 0 Å². The lowest BCUT2D eigenvalue weighted by molar-refractivity contribution is 0.102. The third kappa shape index (κ3) is 4.43. The molecule has 6 heteroatoms. The van der Waals surface area contributed by atoms with Gasteiger partial charge in [0.25, 0.3) is 5.91 Å². The number of hydrogen-bond donors (Lipinski definition) is 1. The number of carbonyl (C=O) groups excluding carboxylic acids is 1. The minimum Gasteiger partial charge on any atom is -0.378 e. The van der Waals surface area contributed by atoms with Gasteiger partial charge in [-0.25, -0.2) is 9.97 Å². The van der Waals surface area contributed by atoms with Crippen LogP contribution in [0.15, 0.2) is 54.9 Å². The molecule has 1 aliphatic rings. The quantitative estimate of drug-likeness (QED) is 0.735. The summed E-state index contributed by atoms with van der Waals surface area (Å²) in [5.74, 6) is 0.770. The highest BCUT2D eigenvalue weighted by Gasteiger charge is 2.14. The summed E-state index contributed by atoms with van der Waals surface area (Å²) in [5, 5.41) is 2.95. The van der Waals surface area contributed by atoms with Gasteiger partial charge in [0.1, 0.15) is 12.1 Å². The molecule has 6 nitrogen and oxygen atoms in total. The molecule has 0 aliphatic carbocycles. The molecule has 148 valence electrons. The van der Waals surface area contributed by atoms with Crippen molar-refractivity contribution in [2.75, 3.05) is 36.5 Å². The van der Waals surface area contributed by atoms with E-state index in [0.717, 1.165) is 41.4 Å². The molecule has 1 N–H and O–H groups in total. The van der Waals surface area contributed by atoms with Crippen molar-refractivity contribution in [3.05, 3.63) is 71.5 Å². The molecular formula is C23H24N4O2. The summed E-state index contributed by atoms with van der Waals surface area (Å²) in [5.41, 5.74) is 5.54. The lowest BCUT2D eigenvalue weighted by Crippen LogP contribution is -2.36. The minimum absolute atomic E-state index is 0.128. The van der Waals surface area contributed by atoms with Crippen molar-refractivity contribution in [3.63, 3.8) is 0 Å². The Morgan fingerprint density at radius 2 is 1.72 bits per heavy atom. The molecule has 1 fully saturated rings. The summed E-state index contributed by atoms with van der Waals surface area (Å²) in [6.45, 7) is 7.17. The van der Waals surface area contributed by atoms with Gasteiger partial charge in [-0.05, 0) is 49.2 Å². The lowest BCUT2D eigenvalue weighted by Gasteiger charge is -2.27. The molecule has 4 rings (SSSR count). The van der Waals surface area contributed by atoms with Crippen LogP contribution in [0.5, 0.6) is 0 Å². The van der Waals surface area contributed by atoms with Crippen LogP contribution >= 0.6 is 0 Å². The average Bonchev–Trinajstić information content (AvgIpc) is 2.77. The van der Waals surface area contributed by atoms with Crippen molar-refractivity contribution >= 4 is 17.4 Å². The highest BCUT2D eigenvalue weighted by atomic mass is 16.5. The van der Waals surface area contributed by atoms with Gasteiger partial charge >= 0.3 is 0 Å². The second kappa shape index (κ2) is 8.41. The number of amides is 1. The van der Waals surface area contributed by atoms with Gasteiger partial charge in [0.2, 0.25) is 0 Å². The third-order valence-electron chi connectivity index (χ3n) is 5.20. The smallest absolute Gasteiger partial charge is 0.255 e. The van der Waals surface area contributed by atoms with E-state index >= 15 is 0 Å². The largest absolute Gasteiger partial charge is 0.378 e. The van der Waals surface area contributed by atoms with Gasteiger partial charge in [-0.3, -0.25) is 4.79 Å². The van der Waals surface area contributed by atoms with Crippen LogP contribution in [0, 0.1) is 13.8 Å². The minimum atomic E-state index is -0.128. The summed E-state index contributed by atoms with van der Waals surface area (Å²) < 4.78 is 5.40. The van der Waals surface area contributed by atoms with Crippen LogP contribution in [0.2, 0.25) is 0 Å². The van der Waals surface area contributed by atoms with Gasteiger partial charge in [0.05, 0.1) is 18.9 Å². The number of ether oxygens (including phenoxy) is 1. The van der Waals surface area contributed by atoms with E-state index in [1.54, 1.807) is 6.33 Å². The Kier molecular flexibility index (Phi) is 5.53. The molecule has 2 aromatic carbocycles. The average molecular weight is 388 g/mol. The summed E-state index contributed by atoms with van der Waals surface area (Å²) in [6, 6.07) is 15.4. The predicted octanol–water partition coefficient (Wildman–Crippen LogP) is 3.85. The zero-order valence-electron chi connectivity index (χ0n) is 16.7. The molecule has 1 saturated heterocycles. The summed E-state index contributed by atoms with van der Waals surface area (Å²) >= 11 is 0. The molecule has 0 atom stereocenters. The van der Waals surface area contributed by atoms with Crippen LogP contribution in [0.25, 0.3) is 11.3 Å². The first-order valence-corrected chi connectivity index (χ1v) is 9.74. The molecule has 29 heavy (non-hydrogen) atoms. The standard InChI is InChI=1S/C23H24N4O2/c1-16-3-8-20(13-17(16)2)26-23(28)19-6-4-18(5-7-19)21-14-22(25-15-24-21)27-9-11-29-12-10-27/h3-8,13-15H,9-12H2,1-2H3,(H,26,28). The van der Waals surface area contributed by atoms with E-state index in [-0.39, 0.29) is 5.91 Å². The SMILES string of the molecule is Cc1ccc(NC(=O)c2ccc(-c3cc(N4CCOCC4)ncn3)cc2)cc1C. The molecule has 0 spiro atoms. The number of nitrogens with one attached hydrogen (secondary N) is 1. The van der Waals surface area contributed by atoms with Crippen molar-refractivity contribution < 1.29 is 9.53 Å².